The van der Waals surface area contributed by atoms with E-state index >= 15 is 0 Å². The van der Waals surface area contributed by atoms with Gasteiger partial charge in [0, 0.05) is 54.4 Å². The SMILES string of the molecule is Cc1ccc2c(NC(=O)CCC(F)(F)F)cccc2c1Oc1ncccc1-c1ccnc(N[C@H]2CCCN(C(=O)OC(C)(C)C)C2)n1. The van der Waals surface area contributed by atoms with Gasteiger partial charge < -0.3 is 25.0 Å². The molecule has 0 radical (unpaired) electrons. The van der Waals surface area contributed by atoms with Gasteiger partial charge in [-0.1, -0.05) is 24.3 Å². The van der Waals surface area contributed by atoms with Crippen LogP contribution in [0.25, 0.3) is 22.0 Å². The van der Waals surface area contributed by atoms with Crippen LogP contribution in [0.1, 0.15) is 52.0 Å². The molecule has 13 heteroatoms. The summed E-state index contributed by atoms with van der Waals surface area (Å²) in [5.74, 6) is 0.413. The van der Waals surface area contributed by atoms with Crippen molar-refractivity contribution in [3.63, 3.8) is 0 Å². The number of hydrogen-bond donors (Lipinski definition) is 2. The van der Waals surface area contributed by atoms with E-state index in [0.29, 0.717) is 52.5 Å². The Labute approximate surface area is 270 Å². The number of aromatic nitrogens is 3. The molecule has 1 saturated heterocycles. The molecular weight excluding hydrogens is 613 g/mol. The second-order valence-electron chi connectivity index (χ2n) is 12.4. The average molecular weight is 651 g/mol. The first kappa shape index (κ1) is 33.4. The van der Waals surface area contributed by atoms with Crippen LogP contribution in [0, 0.1) is 6.92 Å². The topological polar surface area (TPSA) is 119 Å². The fourth-order valence-corrected chi connectivity index (χ4v) is 5.26. The lowest BCUT2D eigenvalue weighted by Gasteiger charge is -2.34. The molecule has 47 heavy (non-hydrogen) atoms. The van der Waals surface area contributed by atoms with Gasteiger partial charge in [0.15, 0.2) is 0 Å². The van der Waals surface area contributed by atoms with Crippen LogP contribution in [0.3, 0.4) is 0 Å². The number of nitrogens with one attached hydrogen (secondary N) is 2. The van der Waals surface area contributed by atoms with Crippen molar-refractivity contribution in [3.8, 4) is 22.9 Å². The van der Waals surface area contributed by atoms with Gasteiger partial charge in [0.25, 0.3) is 0 Å². The Morgan fingerprint density at radius 1 is 1.00 bits per heavy atom. The highest BCUT2D eigenvalue weighted by Gasteiger charge is 2.29. The molecule has 5 rings (SSSR count). The number of halogens is 3. The van der Waals surface area contributed by atoms with Gasteiger partial charge in [0.2, 0.25) is 17.7 Å². The second-order valence-corrected chi connectivity index (χ2v) is 12.4. The highest BCUT2D eigenvalue weighted by atomic mass is 19.4. The number of alkyl halides is 3. The van der Waals surface area contributed by atoms with E-state index in [1.807, 2.05) is 45.9 Å². The van der Waals surface area contributed by atoms with Gasteiger partial charge in [0.05, 0.1) is 17.7 Å². The van der Waals surface area contributed by atoms with Crippen LogP contribution in [-0.2, 0) is 9.53 Å². The monoisotopic (exact) mass is 650 g/mol. The molecule has 0 aliphatic carbocycles. The van der Waals surface area contributed by atoms with Crippen molar-refractivity contribution in [1.29, 1.82) is 0 Å². The van der Waals surface area contributed by atoms with Crippen LogP contribution < -0.4 is 15.4 Å². The van der Waals surface area contributed by atoms with Crippen molar-refractivity contribution < 1.29 is 32.2 Å². The summed E-state index contributed by atoms with van der Waals surface area (Å²) in [6, 6.07) is 14.0. The predicted molar refractivity (Wildman–Crippen MR) is 172 cm³/mol. The Morgan fingerprint density at radius 2 is 1.81 bits per heavy atom. The van der Waals surface area contributed by atoms with E-state index in [1.165, 1.54) is 0 Å². The molecule has 0 spiro atoms. The van der Waals surface area contributed by atoms with E-state index in [9.17, 15) is 22.8 Å². The fourth-order valence-electron chi connectivity index (χ4n) is 5.26. The van der Waals surface area contributed by atoms with Gasteiger partial charge >= 0.3 is 12.3 Å². The minimum atomic E-state index is -4.42. The quantitative estimate of drug-likeness (QED) is 0.198. The van der Waals surface area contributed by atoms with E-state index in [0.717, 1.165) is 18.4 Å². The minimum Gasteiger partial charge on any atom is -0.444 e. The maximum atomic E-state index is 12.6. The van der Waals surface area contributed by atoms with Gasteiger partial charge in [-0.05, 0) is 70.4 Å². The standard InChI is InChI=1S/C34H37F3N6O4/c1-21-12-13-23-24(9-5-11-26(23)41-28(44)14-16-34(35,36)37)29(21)46-30-25(10-6-17-38-30)27-15-18-39-31(42-27)40-22-8-7-19-43(20-22)32(45)47-33(2,3)4/h5-6,9-13,15,17-18,22H,7-8,14,16,19-20H2,1-4H3,(H,41,44)(H,39,40,42)/t22-/m0/s1. The molecule has 1 fully saturated rings. The summed E-state index contributed by atoms with van der Waals surface area (Å²) < 4.78 is 49.9. The molecule has 1 atom stereocenters. The number of ether oxygens (including phenoxy) is 2. The number of rotatable bonds is 8. The molecule has 0 saturated carbocycles. The summed E-state index contributed by atoms with van der Waals surface area (Å²) in [6.45, 7) is 8.45. The zero-order valence-corrected chi connectivity index (χ0v) is 26.6. The van der Waals surface area contributed by atoms with Crippen molar-refractivity contribution in [2.24, 2.45) is 0 Å². The molecule has 2 N–H and O–H groups in total. The summed E-state index contributed by atoms with van der Waals surface area (Å²) in [6.07, 6.45) is -1.79. The summed E-state index contributed by atoms with van der Waals surface area (Å²) in [5, 5.41) is 7.20. The van der Waals surface area contributed by atoms with Crippen LogP contribution in [0.4, 0.5) is 29.6 Å². The van der Waals surface area contributed by atoms with E-state index in [-0.39, 0.29) is 18.0 Å². The van der Waals surface area contributed by atoms with Gasteiger partial charge in [-0.25, -0.2) is 19.7 Å². The number of hydrogen-bond acceptors (Lipinski definition) is 8. The number of pyridine rings is 1. The molecule has 4 aromatic rings. The van der Waals surface area contributed by atoms with Crippen molar-refractivity contribution in [2.75, 3.05) is 23.7 Å². The van der Waals surface area contributed by atoms with E-state index < -0.39 is 30.5 Å². The maximum Gasteiger partial charge on any atom is 0.410 e. The zero-order valence-electron chi connectivity index (χ0n) is 26.6. The normalized spacial score (nSPS) is 15.3. The third-order valence-electron chi connectivity index (χ3n) is 7.43. The Bertz CT molecular complexity index is 1760. The molecule has 0 bridgehead atoms. The van der Waals surface area contributed by atoms with Crippen LogP contribution in [0.15, 0.2) is 60.9 Å². The smallest absolute Gasteiger partial charge is 0.410 e. The van der Waals surface area contributed by atoms with E-state index in [1.54, 1.807) is 47.6 Å². The Kier molecular flexibility index (Phi) is 9.83. The molecule has 248 valence electrons. The number of likely N-dealkylation sites (tertiary alicyclic amines) is 1. The summed E-state index contributed by atoms with van der Waals surface area (Å²) >= 11 is 0. The average Bonchev–Trinajstić information content (AvgIpc) is 3.01. The molecule has 2 aromatic carbocycles. The Balaban J connectivity index is 1.36. The van der Waals surface area contributed by atoms with Gasteiger partial charge in [0.1, 0.15) is 11.4 Å². The Hall–Kier alpha value is -4.94. The molecule has 1 aliphatic heterocycles. The highest BCUT2D eigenvalue weighted by molar-refractivity contribution is 6.04. The predicted octanol–water partition coefficient (Wildman–Crippen LogP) is 7.88. The first-order valence-corrected chi connectivity index (χ1v) is 15.4. The molecular formula is C34H37F3N6O4. The highest BCUT2D eigenvalue weighted by Crippen LogP contribution is 2.39. The lowest BCUT2D eigenvalue weighted by molar-refractivity contribution is -0.142. The number of piperidine rings is 1. The largest absolute Gasteiger partial charge is 0.444 e. The van der Waals surface area contributed by atoms with Gasteiger partial charge in [-0.15, -0.1) is 0 Å². The molecule has 10 nitrogen and oxygen atoms in total. The maximum absolute atomic E-state index is 12.6. The summed E-state index contributed by atoms with van der Waals surface area (Å²) in [7, 11) is 0. The number of amides is 2. The molecule has 0 unspecified atom stereocenters. The number of aryl methyl sites for hydroxylation is 1. The molecule has 2 aromatic heterocycles. The van der Waals surface area contributed by atoms with Crippen molar-refractivity contribution in [1.82, 2.24) is 19.9 Å². The molecule has 3 heterocycles. The Morgan fingerprint density at radius 3 is 2.57 bits per heavy atom. The minimum absolute atomic E-state index is 0.0716. The second kappa shape index (κ2) is 13.8. The van der Waals surface area contributed by atoms with Crippen molar-refractivity contribution in [2.45, 2.75) is 71.2 Å². The van der Waals surface area contributed by atoms with Crippen LogP contribution in [0.2, 0.25) is 0 Å². The van der Waals surface area contributed by atoms with Gasteiger partial charge in [-0.2, -0.15) is 13.2 Å². The lowest BCUT2D eigenvalue weighted by Crippen LogP contribution is -2.47. The fraction of sp³-hybridized carbons (Fsp3) is 0.382. The number of benzene rings is 2. The lowest BCUT2D eigenvalue weighted by atomic mass is 10.0. The van der Waals surface area contributed by atoms with Crippen molar-refractivity contribution >= 4 is 34.4 Å². The third-order valence-corrected chi connectivity index (χ3v) is 7.43. The van der Waals surface area contributed by atoms with Crippen LogP contribution in [0.5, 0.6) is 11.6 Å². The number of nitrogens with zero attached hydrogens (tertiary/aromatic N) is 4. The first-order chi connectivity index (χ1) is 22.3. The number of fused-ring (bicyclic) bond motifs is 1. The molecule has 2 amide bonds. The third kappa shape index (κ3) is 8.87. The summed E-state index contributed by atoms with van der Waals surface area (Å²) in [5.41, 5.74) is 1.73. The zero-order chi connectivity index (χ0) is 33.8. The van der Waals surface area contributed by atoms with Crippen LogP contribution in [-0.4, -0.2) is 62.8 Å². The van der Waals surface area contributed by atoms with Crippen molar-refractivity contribution in [3.05, 3.63) is 66.5 Å². The van der Waals surface area contributed by atoms with E-state index in [4.69, 9.17) is 14.5 Å². The van der Waals surface area contributed by atoms with E-state index in [2.05, 4.69) is 20.6 Å². The number of carbonyl (C=O) groups excluding carboxylic acids is 2. The number of carbonyl (C=O) groups is 2. The van der Waals surface area contributed by atoms with Gasteiger partial charge in [-0.3, -0.25) is 4.79 Å². The molecule has 1 aliphatic rings. The van der Waals surface area contributed by atoms with Crippen LogP contribution >= 0.6 is 0 Å². The summed E-state index contributed by atoms with van der Waals surface area (Å²) in [4.78, 5) is 40.2. The number of anilines is 2. The first-order valence-electron chi connectivity index (χ1n) is 15.4.